The minimum atomic E-state index is -4.50. The van der Waals surface area contributed by atoms with E-state index in [0.717, 1.165) is 10.5 Å². The maximum atomic E-state index is 12.9. The van der Waals surface area contributed by atoms with Crippen molar-refractivity contribution in [1.82, 2.24) is 0 Å². The summed E-state index contributed by atoms with van der Waals surface area (Å²) in [5, 5.41) is 2.67. The Kier molecular flexibility index (Phi) is 4.48. The lowest BCUT2D eigenvalue weighted by Crippen LogP contribution is -2.40. The molecule has 1 N–H and O–H groups in total. The molecule has 2 aromatic carbocycles. The highest BCUT2D eigenvalue weighted by Gasteiger charge is 2.33. The van der Waals surface area contributed by atoms with Gasteiger partial charge in [-0.2, -0.15) is 13.2 Å². The van der Waals surface area contributed by atoms with Crippen LogP contribution in [0.4, 0.5) is 24.5 Å². The van der Waals surface area contributed by atoms with Crippen molar-refractivity contribution in [2.45, 2.75) is 19.0 Å². The Balaban J connectivity index is 1.81. The Bertz CT molecular complexity index is 804. The Morgan fingerprint density at radius 1 is 1.12 bits per heavy atom. The average molecular weight is 348 g/mol. The molecule has 4 nitrogen and oxygen atoms in total. The van der Waals surface area contributed by atoms with E-state index in [1.54, 1.807) is 36.4 Å². The number of para-hydroxylation sites is 1. The second-order valence-corrected chi connectivity index (χ2v) is 5.82. The first-order chi connectivity index (χ1) is 11.8. The molecule has 7 heteroatoms. The third-order valence-electron chi connectivity index (χ3n) is 3.86. The smallest absolute Gasteiger partial charge is 0.326 e. The molecule has 0 radical (unpaired) electrons. The molecular weight excluding hydrogens is 333 g/mol. The number of carbonyl (C=O) groups is 2. The Labute approximate surface area is 142 Å². The van der Waals surface area contributed by atoms with E-state index in [9.17, 15) is 22.8 Å². The molecule has 1 aliphatic heterocycles. The molecule has 0 saturated carbocycles. The van der Waals surface area contributed by atoms with Gasteiger partial charge in [0.15, 0.2) is 0 Å². The van der Waals surface area contributed by atoms with E-state index >= 15 is 0 Å². The van der Waals surface area contributed by atoms with E-state index < -0.39 is 18.6 Å². The van der Waals surface area contributed by atoms with Crippen LogP contribution in [0.2, 0.25) is 0 Å². The second-order valence-electron chi connectivity index (χ2n) is 5.82. The summed E-state index contributed by atoms with van der Waals surface area (Å²) < 4.78 is 38.6. The van der Waals surface area contributed by atoms with Crippen molar-refractivity contribution in [2.24, 2.45) is 0 Å². The summed E-state index contributed by atoms with van der Waals surface area (Å²) in [6.45, 7) is -1.35. The summed E-state index contributed by atoms with van der Waals surface area (Å²) >= 11 is 0. The van der Waals surface area contributed by atoms with Crippen molar-refractivity contribution >= 4 is 23.2 Å². The summed E-state index contributed by atoms with van der Waals surface area (Å²) in [7, 11) is 0. The minimum Gasteiger partial charge on any atom is -0.326 e. The lowest BCUT2D eigenvalue weighted by molar-refractivity contribution is -0.132. The van der Waals surface area contributed by atoms with E-state index in [-0.39, 0.29) is 24.4 Å². The summed E-state index contributed by atoms with van der Waals surface area (Å²) in [5.41, 5.74) is 2.17. The van der Waals surface area contributed by atoms with Gasteiger partial charge in [0.2, 0.25) is 11.8 Å². The van der Waals surface area contributed by atoms with Crippen LogP contribution in [0.1, 0.15) is 11.1 Å². The minimum absolute atomic E-state index is 0.138. The second kappa shape index (κ2) is 6.58. The highest BCUT2D eigenvalue weighted by atomic mass is 19.4. The van der Waals surface area contributed by atoms with Gasteiger partial charge in [0.25, 0.3) is 0 Å². The van der Waals surface area contributed by atoms with E-state index in [1.807, 2.05) is 0 Å². The van der Waals surface area contributed by atoms with E-state index in [4.69, 9.17) is 0 Å². The molecule has 3 rings (SSSR count). The van der Waals surface area contributed by atoms with Crippen molar-refractivity contribution in [2.75, 3.05) is 16.8 Å². The zero-order chi connectivity index (χ0) is 18.0. The number of halogens is 3. The maximum Gasteiger partial charge on any atom is 0.406 e. The van der Waals surface area contributed by atoms with Gasteiger partial charge in [0, 0.05) is 11.4 Å². The number of alkyl halides is 3. The third kappa shape index (κ3) is 4.17. The van der Waals surface area contributed by atoms with Gasteiger partial charge >= 0.3 is 6.18 Å². The number of rotatable bonds is 4. The number of nitrogens with zero attached hydrogens (tertiary/aromatic N) is 1. The first kappa shape index (κ1) is 17.0. The van der Waals surface area contributed by atoms with Crippen LogP contribution >= 0.6 is 0 Å². The molecule has 0 aliphatic carbocycles. The van der Waals surface area contributed by atoms with Gasteiger partial charge in [0.05, 0.1) is 12.8 Å². The Morgan fingerprint density at radius 2 is 1.84 bits per heavy atom. The largest absolute Gasteiger partial charge is 0.406 e. The van der Waals surface area contributed by atoms with Gasteiger partial charge in [-0.15, -0.1) is 0 Å². The molecule has 2 aromatic rings. The zero-order valence-corrected chi connectivity index (χ0v) is 13.1. The summed E-state index contributed by atoms with van der Waals surface area (Å²) in [4.78, 5) is 24.6. The topological polar surface area (TPSA) is 49.4 Å². The summed E-state index contributed by atoms with van der Waals surface area (Å²) in [6.07, 6.45) is -4.42. The molecule has 2 amide bonds. The van der Waals surface area contributed by atoms with Crippen LogP contribution < -0.4 is 10.2 Å². The zero-order valence-electron chi connectivity index (χ0n) is 13.1. The van der Waals surface area contributed by atoms with Crippen molar-refractivity contribution in [1.29, 1.82) is 0 Å². The van der Waals surface area contributed by atoms with Crippen molar-refractivity contribution in [3.63, 3.8) is 0 Å². The predicted octanol–water partition coefficient (Wildman–Crippen LogP) is 3.32. The lowest BCUT2D eigenvalue weighted by Gasteiger charge is -2.24. The normalized spacial score (nSPS) is 13.3. The molecule has 1 aliphatic rings. The monoisotopic (exact) mass is 348 g/mol. The van der Waals surface area contributed by atoms with Crippen molar-refractivity contribution in [3.8, 4) is 0 Å². The predicted molar refractivity (Wildman–Crippen MR) is 87.3 cm³/mol. The summed E-state index contributed by atoms with van der Waals surface area (Å²) in [6, 6.07) is 12.8. The van der Waals surface area contributed by atoms with Crippen LogP contribution in [-0.4, -0.2) is 24.5 Å². The van der Waals surface area contributed by atoms with Gasteiger partial charge in [-0.1, -0.05) is 30.3 Å². The molecule has 0 saturated heterocycles. The average Bonchev–Trinajstić information content (AvgIpc) is 2.92. The maximum absolute atomic E-state index is 12.9. The summed E-state index contributed by atoms with van der Waals surface area (Å²) in [5.74, 6) is -0.797. The van der Waals surface area contributed by atoms with Crippen LogP contribution in [-0.2, 0) is 22.4 Å². The Hall–Kier alpha value is -2.83. The molecule has 0 spiro atoms. The highest BCUT2D eigenvalue weighted by molar-refractivity contribution is 6.00. The molecule has 130 valence electrons. The third-order valence-corrected chi connectivity index (χ3v) is 3.86. The number of anilines is 2. The van der Waals surface area contributed by atoms with Crippen LogP contribution in [0.3, 0.4) is 0 Å². The first-order valence-corrected chi connectivity index (χ1v) is 7.66. The van der Waals surface area contributed by atoms with E-state index in [0.29, 0.717) is 11.3 Å². The Morgan fingerprint density at radius 3 is 2.52 bits per heavy atom. The van der Waals surface area contributed by atoms with Gasteiger partial charge < -0.3 is 10.2 Å². The van der Waals surface area contributed by atoms with Crippen LogP contribution in [0, 0.1) is 0 Å². The lowest BCUT2D eigenvalue weighted by atomic mass is 10.1. The quantitative estimate of drug-likeness (QED) is 0.922. The fourth-order valence-corrected chi connectivity index (χ4v) is 2.75. The van der Waals surface area contributed by atoms with Gasteiger partial charge in [-0.3, -0.25) is 9.59 Å². The fourth-order valence-electron chi connectivity index (χ4n) is 2.75. The number of nitrogens with one attached hydrogen (secondary N) is 1. The standard InChI is InChI=1S/C18H15F3N2O2/c19-18(20,21)11-23(14-4-2-1-3-5-14)17(25)9-12-6-7-13-10-16(24)22-15(13)8-12/h1-8H,9-11H2,(H,22,24). The number of carbonyl (C=O) groups excluding carboxylic acids is 2. The van der Waals surface area contributed by atoms with Gasteiger partial charge in [0.1, 0.15) is 6.54 Å². The van der Waals surface area contributed by atoms with E-state index in [1.165, 1.54) is 12.1 Å². The SMILES string of the molecule is O=C1Cc2ccc(CC(=O)N(CC(F)(F)F)c3ccccc3)cc2N1. The molecule has 0 aromatic heterocycles. The molecule has 1 heterocycles. The van der Waals surface area contributed by atoms with Crippen LogP contribution in [0.15, 0.2) is 48.5 Å². The van der Waals surface area contributed by atoms with Crippen LogP contribution in [0.5, 0.6) is 0 Å². The number of amides is 2. The van der Waals surface area contributed by atoms with E-state index in [2.05, 4.69) is 5.32 Å². The van der Waals surface area contributed by atoms with Gasteiger partial charge in [-0.05, 0) is 29.3 Å². The molecule has 0 bridgehead atoms. The molecule has 0 atom stereocenters. The molecule has 0 unspecified atom stereocenters. The number of fused-ring (bicyclic) bond motifs is 1. The highest BCUT2D eigenvalue weighted by Crippen LogP contribution is 2.26. The van der Waals surface area contributed by atoms with Gasteiger partial charge in [-0.25, -0.2) is 0 Å². The fraction of sp³-hybridized carbons (Fsp3) is 0.222. The van der Waals surface area contributed by atoms with Crippen molar-refractivity contribution in [3.05, 3.63) is 59.7 Å². The molecule has 25 heavy (non-hydrogen) atoms. The number of hydrogen-bond acceptors (Lipinski definition) is 2. The molecular formula is C18H15F3N2O2. The van der Waals surface area contributed by atoms with Crippen molar-refractivity contribution < 1.29 is 22.8 Å². The first-order valence-electron chi connectivity index (χ1n) is 7.66. The number of hydrogen-bond donors (Lipinski definition) is 1. The molecule has 0 fully saturated rings. The van der Waals surface area contributed by atoms with Crippen LogP contribution in [0.25, 0.3) is 0 Å². The number of benzene rings is 2.